The maximum Gasteiger partial charge on any atom is 0.323 e. The van der Waals surface area contributed by atoms with Crippen LogP contribution >= 0.6 is 0 Å². The van der Waals surface area contributed by atoms with Crippen LogP contribution in [0.1, 0.15) is 0 Å². The smallest absolute Gasteiger partial charge is 0.323 e. The maximum absolute atomic E-state index is 11.1. The molecule has 0 aromatic rings. The molecule has 0 spiro atoms. The molecule has 13 heavy (non-hydrogen) atoms. The lowest BCUT2D eigenvalue weighted by molar-refractivity contribution is -0.145. The van der Waals surface area contributed by atoms with E-state index in [0.717, 1.165) is 4.90 Å². The average molecular weight is 190 g/mol. The summed E-state index contributed by atoms with van der Waals surface area (Å²) >= 11 is 0. The van der Waals surface area contributed by atoms with Crippen molar-refractivity contribution in [3.05, 3.63) is 0 Å². The van der Waals surface area contributed by atoms with E-state index in [1.54, 1.807) is 0 Å². The first-order valence-corrected chi connectivity index (χ1v) is 3.81. The molecule has 0 atom stereocenters. The van der Waals surface area contributed by atoms with E-state index in [4.69, 9.17) is 15.6 Å². The van der Waals surface area contributed by atoms with E-state index < -0.39 is 5.97 Å². The molecule has 0 aromatic carbocycles. The van der Waals surface area contributed by atoms with Gasteiger partial charge in [0, 0.05) is 13.6 Å². The zero-order valence-corrected chi connectivity index (χ0v) is 7.52. The molecule has 0 radical (unpaired) electrons. The quantitative estimate of drug-likeness (QED) is 0.497. The van der Waals surface area contributed by atoms with Crippen LogP contribution in [0.4, 0.5) is 0 Å². The predicted molar refractivity (Wildman–Crippen MR) is 45.1 cm³/mol. The first kappa shape index (κ1) is 11.9. The molecule has 3 N–H and O–H groups in total. The molecule has 0 rings (SSSR count). The van der Waals surface area contributed by atoms with Crippen molar-refractivity contribution < 1.29 is 19.4 Å². The molecule has 1 amide bonds. The number of carboxylic acids is 1. The van der Waals surface area contributed by atoms with Crippen LogP contribution in [-0.2, 0) is 14.3 Å². The summed E-state index contributed by atoms with van der Waals surface area (Å²) < 4.78 is 4.84. The first-order chi connectivity index (χ1) is 6.07. The number of aliphatic carboxylic acids is 1. The summed E-state index contributed by atoms with van der Waals surface area (Å²) in [4.78, 5) is 22.3. The summed E-state index contributed by atoms with van der Waals surface area (Å²) in [7, 11) is 1.41. The van der Waals surface area contributed by atoms with Gasteiger partial charge in [0.25, 0.3) is 0 Å². The number of nitrogens with zero attached hydrogens (tertiary/aromatic N) is 1. The fourth-order valence-corrected chi connectivity index (χ4v) is 0.644. The van der Waals surface area contributed by atoms with Gasteiger partial charge in [-0.05, 0) is 0 Å². The van der Waals surface area contributed by atoms with Crippen molar-refractivity contribution in [2.45, 2.75) is 0 Å². The van der Waals surface area contributed by atoms with E-state index in [0.29, 0.717) is 13.2 Å². The Morgan fingerprint density at radius 3 is 2.62 bits per heavy atom. The Balaban J connectivity index is 3.63. The Hall–Kier alpha value is -1.14. The van der Waals surface area contributed by atoms with E-state index >= 15 is 0 Å². The molecule has 0 unspecified atom stereocenters. The maximum atomic E-state index is 11.1. The summed E-state index contributed by atoms with van der Waals surface area (Å²) in [6.45, 7) is 0.203. The summed E-state index contributed by atoms with van der Waals surface area (Å²) in [6.07, 6.45) is 0. The monoisotopic (exact) mass is 190 g/mol. The standard InChI is InChI=1S/C7H14N2O4/c1-9(4-7(11)12)6(10)5-13-3-2-8/h2-5,8H2,1H3,(H,11,12). The number of rotatable bonds is 6. The van der Waals surface area contributed by atoms with E-state index in [1.165, 1.54) is 7.05 Å². The second kappa shape index (κ2) is 6.38. The molecule has 0 aliphatic rings. The van der Waals surface area contributed by atoms with Gasteiger partial charge < -0.3 is 20.5 Å². The average Bonchev–Trinajstić information content (AvgIpc) is 2.03. The Labute approximate surface area is 76.3 Å². The van der Waals surface area contributed by atoms with E-state index in [-0.39, 0.29) is 19.1 Å². The predicted octanol–water partition coefficient (Wildman–Crippen LogP) is -1.50. The molecule has 0 heterocycles. The molecular formula is C7H14N2O4. The number of amides is 1. The number of carbonyl (C=O) groups is 2. The third-order valence-corrected chi connectivity index (χ3v) is 1.29. The van der Waals surface area contributed by atoms with Gasteiger partial charge in [-0.1, -0.05) is 0 Å². The van der Waals surface area contributed by atoms with E-state index in [2.05, 4.69) is 0 Å². The first-order valence-electron chi connectivity index (χ1n) is 3.81. The molecule has 0 saturated heterocycles. The lowest BCUT2D eigenvalue weighted by Crippen LogP contribution is -2.35. The number of nitrogens with two attached hydrogens (primary N) is 1. The van der Waals surface area contributed by atoms with Crippen LogP contribution in [0.3, 0.4) is 0 Å². The van der Waals surface area contributed by atoms with Gasteiger partial charge >= 0.3 is 5.97 Å². The summed E-state index contributed by atoms with van der Waals surface area (Å²) in [5.74, 6) is -1.41. The van der Waals surface area contributed by atoms with Gasteiger partial charge in [0.15, 0.2) is 0 Å². The van der Waals surface area contributed by atoms with Crippen LogP contribution in [0.25, 0.3) is 0 Å². The van der Waals surface area contributed by atoms with Crippen molar-refractivity contribution >= 4 is 11.9 Å². The summed E-state index contributed by atoms with van der Waals surface area (Å²) in [5, 5.41) is 8.35. The zero-order chi connectivity index (χ0) is 10.3. The minimum Gasteiger partial charge on any atom is -0.480 e. The number of likely N-dealkylation sites (N-methyl/N-ethyl adjacent to an activating group) is 1. The van der Waals surface area contributed by atoms with Crippen LogP contribution in [0.15, 0.2) is 0 Å². The van der Waals surface area contributed by atoms with Crippen LogP contribution in [-0.4, -0.2) is 55.2 Å². The second-order valence-electron chi connectivity index (χ2n) is 2.48. The molecule has 0 aliphatic carbocycles. The molecular weight excluding hydrogens is 176 g/mol. The van der Waals surface area contributed by atoms with Crippen LogP contribution in [0.2, 0.25) is 0 Å². The Morgan fingerprint density at radius 2 is 2.15 bits per heavy atom. The van der Waals surface area contributed by atoms with E-state index in [9.17, 15) is 9.59 Å². The fourth-order valence-electron chi connectivity index (χ4n) is 0.644. The van der Waals surface area contributed by atoms with Crippen molar-refractivity contribution in [3.8, 4) is 0 Å². The van der Waals surface area contributed by atoms with Crippen LogP contribution in [0.5, 0.6) is 0 Å². The van der Waals surface area contributed by atoms with Gasteiger partial charge in [-0.2, -0.15) is 0 Å². The van der Waals surface area contributed by atoms with Crippen molar-refractivity contribution in [1.29, 1.82) is 0 Å². The molecule has 6 nitrogen and oxygen atoms in total. The molecule has 0 saturated carbocycles. The normalized spacial score (nSPS) is 9.69. The molecule has 0 aliphatic heterocycles. The Bertz CT molecular complexity index is 183. The molecule has 0 aromatic heterocycles. The van der Waals surface area contributed by atoms with E-state index in [1.807, 2.05) is 0 Å². The van der Waals surface area contributed by atoms with Gasteiger partial charge in [0.2, 0.25) is 5.91 Å². The minimum atomic E-state index is -1.05. The minimum absolute atomic E-state index is 0.124. The number of carbonyl (C=O) groups excluding carboxylic acids is 1. The van der Waals surface area contributed by atoms with Crippen molar-refractivity contribution in [2.24, 2.45) is 5.73 Å². The largest absolute Gasteiger partial charge is 0.480 e. The topological polar surface area (TPSA) is 92.9 Å². The zero-order valence-electron chi connectivity index (χ0n) is 7.52. The highest BCUT2D eigenvalue weighted by Crippen LogP contribution is 1.85. The lowest BCUT2D eigenvalue weighted by atomic mass is 10.5. The summed E-state index contributed by atoms with van der Waals surface area (Å²) in [5.41, 5.74) is 5.13. The summed E-state index contributed by atoms with van der Waals surface area (Å²) in [6, 6.07) is 0. The lowest BCUT2D eigenvalue weighted by Gasteiger charge is -2.13. The Morgan fingerprint density at radius 1 is 1.54 bits per heavy atom. The second-order valence-corrected chi connectivity index (χ2v) is 2.48. The van der Waals surface area contributed by atoms with Crippen molar-refractivity contribution in [3.63, 3.8) is 0 Å². The van der Waals surface area contributed by atoms with Gasteiger partial charge in [-0.3, -0.25) is 9.59 Å². The molecule has 0 fully saturated rings. The highest BCUT2D eigenvalue weighted by molar-refractivity contribution is 5.81. The van der Waals surface area contributed by atoms with Gasteiger partial charge in [-0.15, -0.1) is 0 Å². The highest BCUT2D eigenvalue weighted by atomic mass is 16.5. The molecule has 6 heteroatoms. The fraction of sp³-hybridized carbons (Fsp3) is 0.714. The van der Waals surface area contributed by atoms with Gasteiger partial charge in [0.05, 0.1) is 6.61 Å². The van der Waals surface area contributed by atoms with Crippen molar-refractivity contribution in [2.75, 3.05) is 33.4 Å². The number of hydrogen-bond donors (Lipinski definition) is 2. The van der Waals surface area contributed by atoms with Crippen LogP contribution in [0, 0.1) is 0 Å². The number of hydrogen-bond acceptors (Lipinski definition) is 4. The Kier molecular flexibility index (Phi) is 5.82. The third-order valence-electron chi connectivity index (χ3n) is 1.29. The van der Waals surface area contributed by atoms with Crippen molar-refractivity contribution in [1.82, 2.24) is 4.90 Å². The number of carboxylic acid groups (broad SMARTS) is 1. The van der Waals surface area contributed by atoms with Crippen LogP contribution < -0.4 is 5.73 Å². The number of ether oxygens (including phenoxy) is 1. The third kappa shape index (κ3) is 6.06. The van der Waals surface area contributed by atoms with Gasteiger partial charge in [-0.25, -0.2) is 0 Å². The molecule has 0 bridgehead atoms. The van der Waals surface area contributed by atoms with Gasteiger partial charge in [0.1, 0.15) is 13.2 Å². The highest BCUT2D eigenvalue weighted by Gasteiger charge is 2.11. The molecule has 76 valence electrons. The SMILES string of the molecule is CN(CC(=O)O)C(=O)COCCN.